The molecular formula is C16H15ClN2O2. The van der Waals surface area contributed by atoms with E-state index in [9.17, 15) is 9.59 Å². The molecule has 108 valence electrons. The highest BCUT2D eigenvalue weighted by atomic mass is 35.5. The molecular weight excluding hydrogens is 288 g/mol. The van der Waals surface area contributed by atoms with Gasteiger partial charge in [0.2, 0.25) is 5.91 Å². The van der Waals surface area contributed by atoms with Gasteiger partial charge in [0.1, 0.15) is 0 Å². The Kier molecular flexibility index (Phi) is 4.95. The maximum Gasteiger partial charge on any atom is 0.251 e. The number of alkyl halides is 1. The molecule has 21 heavy (non-hydrogen) atoms. The van der Waals surface area contributed by atoms with E-state index in [0.29, 0.717) is 23.6 Å². The first-order valence-corrected chi connectivity index (χ1v) is 6.95. The number of rotatable bonds is 5. The van der Waals surface area contributed by atoms with Crippen molar-refractivity contribution in [1.29, 1.82) is 0 Å². The molecule has 0 saturated carbocycles. The van der Waals surface area contributed by atoms with E-state index in [1.807, 2.05) is 12.1 Å². The van der Waals surface area contributed by atoms with E-state index in [4.69, 9.17) is 17.3 Å². The van der Waals surface area contributed by atoms with Crippen LogP contribution in [0.15, 0.2) is 48.5 Å². The topological polar surface area (TPSA) is 72.2 Å². The predicted molar refractivity (Wildman–Crippen MR) is 82.1 cm³/mol. The van der Waals surface area contributed by atoms with Crippen LogP contribution in [0.2, 0.25) is 0 Å². The molecule has 3 N–H and O–H groups in total. The highest BCUT2D eigenvalue weighted by Gasteiger charge is 2.07. The van der Waals surface area contributed by atoms with Gasteiger partial charge in [-0.25, -0.2) is 0 Å². The van der Waals surface area contributed by atoms with Gasteiger partial charge < -0.3 is 11.1 Å². The fourth-order valence-corrected chi connectivity index (χ4v) is 2.08. The van der Waals surface area contributed by atoms with E-state index >= 15 is 0 Å². The summed E-state index contributed by atoms with van der Waals surface area (Å²) in [6, 6.07) is 14.0. The van der Waals surface area contributed by atoms with Crippen molar-refractivity contribution >= 4 is 23.4 Å². The van der Waals surface area contributed by atoms with Gasteiger partial charge in [0.25, 0.3) is 5.91 Å². The molecule has 2 amide bonds. The van der Waals surface area contributed by atoms with E-state index in [-0.39, 0.29) is 5.91 Å². The minimum absolute atomic E-state index is 0.188. The third kappa shape index (κ3) is 4.07. The molecule has 0 aromatic heterocycles. The molecule has 0 unspecified atom stereocenters. The van der Waals surface area contributed by atoms with Crippen LogP contribution in [-0.2, 0) is 12.4 Å². The normalized spacial score (nSPS) is 10.1. The lowest BCUT2D eigenvalue weighted by molar-refractivity contribution is 0.0950. The van der Waals surface area contributed by atoms with Gasteiger partial charge in [-0.2, -0.15) is 0 Å². The number of amides is 2. The van der Waals surface area contributed by atoms with E-state index in [1.54, 1.807) is 36.4 Å². The number of carbonyl (C=O) groups is 2. The molecule has 2 rings (SSSR count). The first-order valence-electron chi connectivity index (χ1n) is 6.42. The number of benzene rings is 2. The molecule has 0 aliphatic heterocycles. The van der Waals surface area contributed by atoms with Crippen LogP contribution in [0.5, 0.6) is 0 Å². The predicted octanol–water partition coefficient (Wildman–Crippen LogP) is 2.45. The van der Waals surface area contributed by atoms with Crippen LogP contribution in [0.25, 0.3) is 0 Å². The van der Waals surface area contributed by atoms with Crippen LogP contribution in [0.3, 0.4) is 0 Å². The SMILES string of the molecule is NC(=O)c1cccc(CNC(=O)c2cccc(CCl)c2)c1. The van der Waals surface area contributed by atoms with Crippen molar-refractivity contribution in [3.05, 3.63) is 70.8 Å². The molecule has 2 aromatic rings. The Balaban J connectivity index is 2.03. The zero-order chi connectivity index (χ0) is 15.2. The lowest BCUT2D eigenvalue weighted by Gasteiger charge is -2.07. The van der Waals surface area contributed by atoms with Crippen LogP contribution in [0.1, 0.15) is 31.8 Å². The van der Waals surface area contributed by atoms with E-state index in [1.165, 1.54) is 0 Å². The third-order valence-corrected chi connectivity index (χ3v) is 3.32. The molecule has 0 aliphatic carbocycles. The lowest BCUT2D eigenvalue weighted by atomic mass is 10.1. The van der Waals surface area contributed by atoms with Crippen LogP contribution in [0, 0.1) is 0 Å². The molecule has 0 saturated heterocycles. The van der Waals surface area contributed by atoms with E-state index in [0.717, 1.165) is 11.1 Å². The largest absolute Gasteiger partial charge is 0.366 e. The molecule has 0 heterocycles. The average Bonchev–Trinajstić information content (AvgIpc) is 2.53. The first-order chi connectivity index (χ1) is 10.1. The second-order valence-corrected chi connectivity index (χ2v) is 4.85. The van der Waals surface area contributed by atoms with Gasteiger partial charge in [-0.15, -0.1) is 11.6 Å². The molecule has 0 radical (unpaired) electrons. The van der Waals surface area contributed by atoms with Crippen LogP contribution in [-0.4, -0.2) is 11.8 Å². The van der Waals surface area contributed by atoms with Crippen molar-refractivity contribution in [3.8, 4) is 0 Å². The fourth-order valence-electron chi connectivity index (χ4n) is 1.91. The van der Waals surface area contributed by atoms with Crippen molar-refractivity contribution < 1.29 is 9.59 Å². The summed E-state index contributed by atoms with van der Waals surface area (Å²) in [6.45, 7) is 0.324. The van der Waals surface area contributed by atoms with Gasteiger partial charge in [0, 0.05) is 23.6 Å². The van der Waals surface area contributed by atoms with Gasteiger partial charge >= 0.3 is 0 Å². The summed E-state index contributed by atoms with van der Waals surface area (Å²) < 4.78 is 0. The van der Waals surface area contributed by atoms with Gasteiger partial charge in [0.15, 0.2) is 0 Å². The minimum atomic E-state index is -0.488. The number of hydrogen-bond donors (Lipinski definition) is 2. The minimum Gasteiger partial charge on any atom is -0.366 e. The Hall–Kier alpha value is -2.33. The zero-order valence-electron chi connectivity index (χ0n) is 11.3. The fraction of sp³-hybridized carbons (Fsp3) is 0.125. The molecule has 0 aliphatic rings. The number of nitrogens with one attached hydrogen (secondary N) is 1. The number of nitrogens with two attached hydrogens (primary N) is 1. The molecule has 0 atom stereocenters. The van der Waals surface area contributed by atoms with E-state index < -0.39 is 5.91 Å². The summed E-state index contributed by atoms with van der Waals surface area (Å²) in [5, 5.41) is 2.80. The second kappa shape index (κ2) is 6.90. The van der Waals surface area contributed by atoms with Crippen LogP contribution in [0.4, 0.5) is 0 Å². The van der Waals surface area contributed by atoms with Crippen molar-refractivity contribution in [2.75, 3.05) is 0 Å². The molecule has 0 fully saturated rings. The number of primary amides is 1. The average molecular weight is 303 g/mol. The summed E-state index contributed by atoms with van der Waals surface area (Å²) in [4.78, 5) is 23.2. The summed E-state index contributed by atoms with van der Waals surface area (Å²) >= 11 is 5.75. The maximum absolute atomic E-state index is 12.1. The molecule has 0 spiro atoms. The molecule has 5 heteroatoms. The quantitative estimate of drug-likeness (QED) is 0.833. The van der Waals surface area contributed by atoms with Gasteiger partial charge in [-0.3, -0.25) is 9.59 Å². The van der Waals surface area contributed by atoms with Crippen LogP contribution < -0.4 is 11.1 Å². The Bertz CT molecular complexity index is 671. The highest BCUT2D eigenvalue weighted by molar-refractivity contribution is 6.17. The molecule has 0 bridgehead atoms. The van der Waals surface area contributed by atoms with Crippen molar-refractivity contribution in [2.45, 2.75) is 12.4 Å². The highest BCUT2D eigenvalue weighted by Crippen LogP contribution is 2.09. The monoisotopic (exact) mass is 302 g/mol. The smallest absolute Gasteiger partial charge is 0.251 e. The maximum atomic E-state index is 12.1. The lowest BCUT2D eigenvalue weighted by Crippen LogP contribution is -2.23. The Morgan fingerprint density at radius 1 is 1.00 bits per heavy atom. The summed E-state index contributed by atoms with van der Waals surface area (Å²) in [5.41, 5.74) is 7.90. The molecule has 4 nitrogen and oxygen atoms in total. The number of carbonyl (C=O) groups excluding carboxylic acids is 2. The number of halogens is 1. The Morgan fingerprint density at radius 2 is 1.62 bits per heavy atom. The first kappa shape index (κ1) is 15.1. The third-order valence-electron chi connectivity index (χ3n) is 3.01. The summed E-state index contributed by atoms with van der Waals surface area (Å²) in [7, 11) is 0. The standard InChI is InChI=1S/C16H15ClN2O2/c17-9-11-3-1-6-14(7-11)16(21)19-10-12-4-2-5-13(8-12)15(18)20/h1-8H,9-10H2,(H2,18,20)(H,19,21). The van der Waals surface area contributed by atoms with Gasteiger partial charge in [0.05, 0.1) is 0 Å². The second-order valence-electron chi connectivity index (χ2n) is 4.58. The van der Waals surface area contributed by atoms with Crippen molar-refractivity contribution in [1.82, 2.24) is 5.32 Å². The number of hydrogen-bond acceptors (Lipinski definition) is 2. The van der Waals surface area contributed by atoms with Crippen LogP contribution >= 0.6 is 11.6 Å². The van der Waals surface area contributed by atoms with Crippen molar-refractivity contribution in [2.24, 2.45) is 5.73 Å². The molecule has 2 aromatic carbocycles. The summed E-state index contributed by atoms with van der Waals surface area (Å²) in [5.74, 6) is -0.314. The Morgan fingerprint density at radius 3 is 2.29 bits per heavy atom. The van der Waals surface area contributed by atoms with Crippen molar-refractivity contribution in [3.63, 3.8) is 0 Å². The van der Waals surface area contributed by atoms with E-state index in [2.05, 4.69) is 5.32 Å². The Labute approximate surface area is 127 Å². The summed E-state index contributed by atoms with van der Waals surface area (Å²) in [6.07, 6.45) is 0. The zero-order valence-corrected chi connectivity index (χ0v) is 12.1. The van der Waals surface area contributed by atoms with Gasteiger partial charge in [-0.05, 0) is 35.4 Å². The van der Waals surface area contributed by atoms with Gasteiger partial charge in [-0.1, -0.05) is 24.3 Å².